The number of hydrogen-bond acceptors (Lipinski definition) is 3. The molecule has 0 aromatic rings. The highest BCUT2D eigenvalue weighted by atomic mass is 127. The molecule has 1 spiro atoms. The average molecular weight is 312 g/mol. The Hall–Kier alpha value is 1.00. The van der Waals surface area contributed by atoms with Crippen LogP contribution >= 0.6 is 35.7 Å². The zero-order chi connectivity index (χ0) is 9.31. The summed E-state index contributed by atoms with van der Waals surface area (Å²) in [5.41, 5.74) is 0.681. The molecule has 2 aliphatic heterocycles. The van der Waals surface area contributed by atoms with Gasteiger partial charge in [-0.05, 0) is 31.1 Å². The van der Waals surface area contributed by atoms with E-state index < -0.39 is 0 Å². The highest BCUT2D eigenvalue weighted by Gasteiger charge is 2.36. The molecule has 2 nitrogen and oxygen atoms in total. The summed E-state index contributed by atoms with van der Waals surface area (Å²) in [6.07, 6.45) is 5.52. The molecule has 0 aromatic heterocycles. The van der Waals surface area contributed by atoms with Crippen molar-refractivity contribution in [1.29, 1.82) is 0 Å². The quantitative estimate of drug-likeness (QED) is 0.417. The second kappa shape index (κ2) is 4.24. The van der Waals surface area contributed by atoms with Crippen LogP contribution in [0.25, 0.3) is 0 Å². The molecule has 2 saturated heterocycles. The van der Waals surface area contributed by atoms with Crippen molar-refractivity contribution in [1.82, 2.24) is 7.42 Å². The molecule has 2 aliphatic rings. The van der Waals surface area contributed by atoms with E-state index in [0.29, 0.717) is 5.41 Å². The molecule has 0 radical (unpaired) electrons. The number of nitrogens with zero attached hydrogens (tertiary/aromatic N) is 2. The summed E-state index contributed by atoms with van der Waals surface area (Å²) in [7, 11) is 0. The lowest BCUT2D eigenvalue weighted by atomic mass is 9.72. The lowest BCUT2D eigenvalue weighted by Gasteiger charge is -2.44. The minimum atomic E-state index is 0.681. The lowest BCUT2D eigenvalue weighted by Crippen LogP contribution is -2.42. The molecule has 2 fully saturated rings. The van der Waals surface area contributed by atoms with Crippen LogP contribution in [0.5, 0.6) is 0 Å². The summed E-state index contributed by atoms with van der Waals surface area (Å²) < 4.78 is 4.60. The normalized spacial score (nSPS) is 30.9. The van der Waals surface area contributed by atoms with Gasteiger partial charge in [0.15, 0.2) is 0 Å². The van der Waals surface area contributed by atoms with Gasteiger partial charge in [0.25, 0.3) is 0 Å². The number of piperidine rings is 2. The molecule has 13 heavy (non-hydrogen) atoms. The van der Waals surface area contributed by atoms with Crippen molar-refractivity contribution in [2.24, 2.45) is 5.41 Å². The molecule has 76 valence electrons. The lowest BCUT2D eigenvalue weighted by molar-refractivity contribution is 0.0972. The second-order valence-corrected chi connectivity index (χ2v) is 6.29. The standard InChI is InChI=1S/C9H17IN2S/c10-11-5-1-9(2-6-11)3-7-12(13)8-4-9/h13H,1-8H2. The van der Waals surface area contributed by atoms with E-state index in [4.69, 9.17) is 0 Å². The Balaban J connectivity index is 1.90. The van der Waals surface area contributed by atoms with Crippen LogP contribution in [-0.4, -0.2) is 33.6 Å². The van der Waals surface area contributed by atoms with Crippen molar-refractivity contribution in [2.45, 2.75) is 25.7 Å². The molecule has 0 atom stereocenters. The van der Waals surface area contributed by atoms with Gasteiger partial charge in [0.2, 0.25) is 0 Å². The molecule has 0 N–H and O–H groups in total. The van der Waals surface area contributed by atoms with E-state index in [1.54, 1.807) is 0 Å². The molecule has 2 rings (SSSR count). The van der Waals surface area contributed by atoms with Crippen LogP contribution in [-0.2, 0) is 0 Å². The smallest absolute Gasteiger partial charge is 0.0201 e. The Bertz CT molecular complexity index is 149. The van der Waals surface area contributed by atoms with E-state index in [2.05, 4.69) is 43.1 Å². The van der Waals surface area contributed by atoms with Crippen molar-refractivity contribution in [3.63, 3.8) is 0 Å². The Morgan fingerprint density at radius 3 is 1.92 bits per heavy atom. The minimum Gasteiger partial charge on any atom is -0.253 e. The molecule has 0 saturated carbocycles. The van der Waals surface area contributed by atoms with Gasteiger partial charge >= 0.3 is 0 Å². The fourth-order valence-electron chi connectivity index (χ4n) is 2.42. The van der Waals surface area contributed by atoms with Crippen LogP contribution in [0.2, 0.25) is 0 Å². The summed E-state index contributed by atoms with van der Waals surface area (Å²) in [5.74, 6) is 0. The number of halogens is 1. The summed E-state index contributed by atoms with van der Waals surface area (Å²) in [6.45, 7) is 4.94. The van der Waals surface area contributed by atoms with E-state index in [9.17, 15) is 0 Å². The molecule has 2 heterocycles. The molecule has 0 amide bonds. The molecule has 0 unspecified atom stereocenters. The number of thiol groups is 1. The van der Waals surface area contributed by atoms with Crippen LogP contribution in [0.1, 0.15) is 25.7 Å². The zero-order valence-electron chi connectivity index (χ0n) is 7.88. The van der Waals surface area contributed by atoms with Gasteiger partial charge in [0.05, 0.1) is 0 Å². The Labute approximate surface area is 100 Å². The molecule has 0 bridgehead atoms. The maximum absolute atomic E-state index is 4.40. The van der Waals surface area contributed by atoms with Crippen LogP contribution in [0.4, 0.5) is 0 Å². The monoisotopic (exact) mass is 312 g/mol. The molecular weight excluding hydrogens is 295 g/mol. The summed E-state index contributed by atoms with van der Waals surface area (Å²) in [4.78, 5) is 0. The van der Waals surface area contributed by atoms with Gasteiger partial charge in [-0.3, -0.25) is 4.31 Å². The van der Waals surface area contributed by atoms with Crippen LogP contribution in [0, 0.1) is 5.41 Å². The topological polar surface area (TPSA) is 6.48 Å². The summed E-state index contributed by atoms with van der Waals surface area (Å²) in [6, 6.07) is 0. The van der Waals surface area contributed by atoms with Gasteiger partial charge in [-0.15, -0.1) is 0 Å². The SMILES string of the molecule is SN1CCC2(CC1)CCN(I)CC2. The van der Waals surface area contributed by atoms with Gasteiger partial charge in [-0.1, -0.05) is 12.8 Å². The second-order valence-electron chi connectivity index (χ2n) is 4.36. The first-order valence-electron chi connectivity index (χ1n) is 5.05. The minimum absolute atomic E-state index is 0.681. The zero-order valence-corrected chi connectivity index (χ0v) is 10.9. The molecular formula is C9H17IN2S. The van der Waals surface area contributed by atoms with Crippen molar-refractivity contribution >= 4 is 35.7 Å². The number of hydrogen-bond donors (Lipinski definition) is 1. The van der Waals surface area contributed by atoms with Gasteiger partial charge in [0, 0.05) is 49.0 Å². The third kappa shape index (κ3) is 2.52. The summed E-state index contributed by atoms with van der Waals surface area (Å²) >= 11 is 6.85. The van der Waals surface area contributed by atoms with E-state index in [0.717, 1.165) is 0 Å². The highest BCUT2D eigenvalue weighted by Crippen LogP contribution is 2.41. The third-order valence-electron chi connectivity index (χ3n) is 3.57. The maximum atomic E-state index is 4.40. The van der Waals surface area contributed by atoms with E-state index >= 15 is 0 Å². The first-order chi connectivity index (χ1) is 6.20. The van der Waals surface area contributed by atoms with Crippen molar-refractivity contribution < 1.29 is 0 Å². The fourth-order valence-corrected chi connectivity index (χ4v) is 3.11. The van der Waals surface area contributed by atoms with Crippen LogP contribution in [0.3, 0.4) is 0 Å². The first-order valence-corrected chi connectivity index (χ1v) is 6.41. The number of rotatable bonds is 0. The van der Waals surface area contributed by atoms with Crippen LogP contribution < -0.4 is 0 Å². The Morgan fingerprint density at radius 1 is 0.923 bits per heavy atom. The van der Waals surface area contributed by atoms with Gasteiger partial charge < -0.3 is 0 Å². The third-order valence-corrected chi connectivity index (χ3v) is 4.93. The van der Waals surface area contributed by atoms with Gasteiger partial charge in [0.1, 0.15) is 0 Å². The van der Waals surface area contributed by atoms with Crippen molar-refractivity contribution in [3.8, 4) is 0 Å². The molecule has 0 aromatic carbocycles. The van der Waals surface area contributed by atoms with Crippen LogP contribution in [0.15, 0.2) is 0 Å². The maximum Gasteiger partial charge on any atom is 0.0201 e. The van der Waals surface area contributed by atoms with E-state index in [1.807, 2.05) is 0 Å². The largest absolute Gasteiger partial charge is 0.253 e. The molecule has 4 heteroatoms. The Kier molecular flexibility index (Phi) is 3.43. The average Bonchev–Trinajstić information content (AvgIpc) is 2.16. The Morgan fingerprint density at radius 2 is 1.38 bits per heavy atom. The van der Waals surface area contributed by atoms with Gasteiger partial charge in [-0.2, -0.15) is 0 Å². The summed E-state index contributed by atoms with van der Waals surface area (Å²) in [5, 5.41) is 0. The van der Waals surface area contributed by atoms with E-state index in [1.165, 1.54) is 51.9 Å². The molecule has 0 aliphatic carbocycles. The van der Waals surface area contributed by atoms with Crippen molar-refractivity contribution in [3.05, 3.63) is 0 Å². The predicted molar refractivity (Wildman–Crippen MR) is 67.1 cm³/mol. The fraction of sp³-hybridized carbons (Fsp3) is 1.00. The van der Waals surface area contributed by atoms with E-state index in [-0.39, 0.29) is 0 Å². The van der Waals surface area contributed by atoms with Crippen molar-refractivity contribution in [2.75, 3.05) is 26.2 Å². The van der Waals surface area contributed by atoms with Gasteiger partial charge in [-0.25, -0.2) is 3.11 Å². The highest BCUT2D eigenvalue weighted by molar-refractivity contribution is 14.1. The first kappa shape index (κ1) is 10.5. The predicted octanol–water partition coefficient (Wildman–Crippen LogP) is 2.36.